The van der Waals surface area contributed by atoms with Crippen LogP contribution in [0.1, 0.15) is 34.2 Å². The van der Waals surface area contributed by atoms with Crippen LogP contribution < -0.4 is 9.47 Å². The van der Waals surface area contributed by atoms with Crippen LogP contribution in [0.3, 0.4) is 0 Å². The normalized spacial score (nSPS) is 16.2. The molecule has 8 heteroatoms. The van der Waals surface area contributed by atoms with E-state index in [0.29, 0.717) is 11.5 Å². The number of aryl methyl sites for hydroxylation is 4. The Balaban J connectivity index is 1.65. The van der Waals surface area contributed by atoms with Gasteiger partial charge in [0.15, 0.2) is 5.41 Å². The van der Waals surface area contributed by atoms with Crippen LogP contribution >= 0.6 is 0 Å². The summed E-state index contributed by atoms with van der Waals surface area (Å²) in [5.41, 5.74) is -1.09. The van der Waals surface area contributed by atoms with Gasteiger partial charge in [0.1, 0.15) is 23.0 Å². The van der Waals surface area contributed by atoms with Crippen LogP contribution in [-0.2, 0) is 5.41 Å². The second-order valence-electron chi connectivity index (χ2n) is 9.83. The molecule has 0 saturated heterocycles. The molecule has 0 radical (unpaired) electrons. The van der Waals surface area contributed by atoms with Gasteiger partial charge >= 0.3 is 12.4 Å². The summed E-state index contributed by atoms with van der Waals surface area (Å²) in [5.74, 6) is -0.741. The Kier molecular flexibility index (Phi) is 7.61. The Morgan fingerprint density at radius 1 is 0.615 bits per heavy atom. The maximum Gasteiger partial charge on any atom is 0.407 e. The molecule has 3 aromatic carbocycles. The van der Waals surface area contributed by atoms with Crippen molar-refractivity contribution in [3.05, 3.63) is 112 Å². The van der Waals surface area contributed by atoms with Crippen molar-refractivity contribution in [1.29, 1.82) is 0 Å². The van der Waals surface area contributed by atoms with Crippen molar-refractivity contribution < 1.29 is 35.8 Å². The molecule has 0 aromatic heterocycles. The maximum atomic E-state index is 14.6. The Morgan fingerprint density at radius 2 is 1.10 bits per heavy atom. The number of ether oxygens (including phenoxy) is 2. The average Bonchev–Trinajstić information content (AvgIpc) is 2.84. The highest BCUT2D eigenvalue weighted by atomic mass is 19.4. The monoisotopic (exact) mass is 546 g/mol. The van der Waals surface area contributed by atoms with Gasteiger partial charge in [-0.05, 0) is 110 Å². The fourth-order valence-electron chi connectivity index (χ4n) is 4.73. The highest BCUT2D eigenvalue weighted by molar-refractivity contribution is 5.42. The van der Waals surface area contributed by atoms with E-state index in [0.717, 1.165) is 52.6 Å². The summed E-state index contributed by atoms with van der Waals surface area (Å²) in [7, 11) is 0. The summed E-state index contributed by atoms with van der Waals surface area (Å²) in [5, 5.41) is 0. The third kappa shape index (κ3) is 5.56. The fourth-order valence-corrected chi connectivity index (χ4v) is 4.73. The summed E-state index contributed by atoms with van der Waals surface area (Å²) in [6.07, 6.45) is -8.39. The third-order valence-corrected chi connectivity index (χ3v) is 7.25. The molecule has 1 aliphatic rings. The lowest BCUT2D eigenvalue weighted by molar-refractivity contribution is -0.314. The fraction of sp³-hybridized carbons (Fsp3) is 0.290. The van der Waals surface area contributed by atoms with E-state index >= 15 is 0 Å². The average molecular weight is 547 g/mol. The van der Waals surface area contributed by atoms with Crippen molar-refractivity contribution in [3.8, 4) is 17.2 Å². The Labute approximate surface area is 223 Å². The van der Waals surface area contributed by atoms with E-state index in [4.69, 9.17) is 9.47 Å². The zero-order valence-corrected chi connectivity index (χ0v) is 21.9. The zero-order valence-electron chi connectivity index (χ0n) is 21.9. The van der Waals surface area contributed by atoms with E-state index in [1.165, 1.54) is 12.2 Å². The summed E-state index contributed by atoms with van der Waals surface area (Å²) in [6.45, 7) is 7.58. The lowest BCUT2D eigenvalue weighted by atomic mass is 9.66. The summed E-state index contributed by atoms with van der Waals surface area (Å²) >= 11 is 0. The van der Waals surface area contributed by atoms with Gasteiger partial charge in [-0.3, -0.25) is 0 Å². The van der Waals surface area contributed by atoms with E-state index in [2.05, 4.69) is 0 Å². The third-order valence-electron chi connectivity index (χ3n) is 7.25. The molecule has 0 saturated carbocycles. The van der Waals surface area contributed by atoms with Crippen LogP contribution in [0.4, 0.5) is 26.3 Å². The second-order valence-corrected chi connectivity index (χ2v) is 9.83. The molecule has 0 amide bonds. The van der Waals surface area contributed by atoms with Crippen molar-refractivity contribution in [1.82, 2.24) is 0 Å². The number of allylic oxidation sites excluding steroid dienone is 3. The number of hydrogen-bond acceptors (Lipinski definition) is 2. The van der Waals surface area contributed by atoms with Crippen LogP contribution in [0, 0.1) is 33.6 Å². The topological polar surface area (TPSA) is 18.5 Å². The van der Waals surface area contributed by atoms with Crippen molar-refractivity contribution >= 4 is 0 Å². The molecule has 4 rings (SSSR count). The predicted molar refractivity (Wildman–Crippen MR) is 138 cm³/mol. The standard InChI is InChI=1S/C31H28F6O2/c1-19-5-11-27(17-21(19)3)38-25-13-7-23(8-14-25)29(30(32,33)34,31(35,36)37)24-9-15-26(16-10-24)39-28-12-6-20(2)22(4)18-28/h5-9,11-18,24H,10H2,1-4H3. The molecule has 0 heterocycles. The lowest BCUT2D eigenvalue weighted by Crippen LogP contribution is -2.58. The first-order chi connectivity index (χ1) is 18.2. The van der Waals surface area contributed by atoms with Crippen molar-refractivity contribution in [2.24, 2.45) is 5.92 Å². The minimum absolute atomic E-state index is 0.128. The molecule has 0 fully saturated rings. The highest BCUT2D eigenvalue weighted by Crippen LogP contribution is 2.58. The van der Waals surface area contributed by atoms with Gasteiger partial charge in [-0.15, -0.1) is 0 Å². The van der Waals surface area contributed by atoms with Gasteiger partial charge in [-0.25, -0.2) is 0 Å². The van der Waals surface area contributed by atoms with E-state index < -0.39 is 35.7 Å². The van der Waals surface area contributed by atoms with Gasteiger partial charge in [-0.2, -0.15) is 26.3 Å². The first-order valence-corrected chi connectivity index (χ1v) is 12.3. The Hall–Kier alpha value is -3.68. The lowest BCUT2D eigenvalue weighted by Gasteiger charge is -2.43. The van der Waals surface area contributed by atoms with Crippen LogP contribution in [0.25, 0.3) is 0 Å². The van der Waals surface area contributed by atoms with Crippen LogP contribution in [0.5, 0.6) is 17.2 Å². The van der Waals surface area contributed by atoms with Crippen molar-refractivity contribution in [2.45, 2.75) is 51.9 Å². The molecule has 39 heavy (non-hydrogen) atoms. The molecule has 2 nitrogen and oxygen atoms in total. The SMILES string of the molecule is Cc1ccc(OC2=CCC(C(c3ccc(Oc4ccc(C)c(C)c4)cc3)(C(F)(F)F)C(F)(F)F)C=C2)cc1C. The largest absolute Gasteiger partial charge is 0.458 e. The molecule has 0 spiro atoms. The Morgan fingerprint density at radius 3 is 1.54 bits per heavy atom. The van der Waals surface area contributed by atoms with Crippen LogP contribution in [-0.4, -0.2) is 12.4 Å². The first-order valence-electron chi connectivity index (χ1n) is 12.3. The minimum Gasteiger partial charge on any atom is -0.458 e. The summed E-state index contributed by atoms with van der Waals surface area (Å²) in [4.78, 5) is 0. The molecular formula is C31H28F6O2. The molecule has 0 aliphatic heterocycles. The van der Waals surface area contributed by atoms with Gasteiger partial charge in [-0.1, -0.05) is 30.3 Å². The number of halogens is 6. The molecule has 206 valence electrons. The van der Waals surface area contributed by atoms with Gasteiger partial charge in [0.2, 0.25) is 0 Å². The molecule has 1 aliphatic carbocycles. The van der Waals surface area contributed by atoms with Crippen LogP contribution in [0.2, 0.25) is 0 Å². The van der Waals surface area contributed by atoms with Gasteiger partial charge in [0.05, 0.1) is 0 Å². The van der Waals surface area contributed by atoms with Crippen LogP contribution in [0.15, 0.2) is 84.7 Å². The van der Waals surface area contributed by atoms with E-state index in [1.807, 2.05) is 39.8 Å². The predicted octanol–water partition coefficient (Wildman–Crippen LogP) is 9.61. The first kappa shape index (κ1) is 28.3. The van der Waals surface area contributed by atoms with Gasteiger partial charge < -0.3 is 9.47 Å². The Bertz CT molecular complexity index is 1380. The smallest absolute Gasteiger partial charge is 0.407 e. The number of rotatable bonds is 6. The molecule has 1 unspecified atom stereocenters. The minimum atomic E-state index is -5.63. The number of hydrogen-bond donors (Lipinski definition) is 0. The van der Waals surface area contributed by atoms with E-state index in [1.54, 1.807) is 24.3 Å². The van der Waals surface area contributed by atoms with E-state index in [-0.39, 0.29) is 11.5 Å². The van der Waals surface area contributed by atoms with Gasteiger partial charge in [0.25, 0.3) is 0 Å². The molecule has 3 aromatic rings. The maximum absolute atomic E-state index is 14.6. The molecule has 1 atom stereocenters. The molecule has 0 bridgehead atoms. The number of benzene rings is 3. The zero-order chi connectivity index (χ0) is 28.6. The van der Waals surface area contributed by atoms with Crippen molar-refractivity contribution in [2.75, 3.05) is 0 Å². The summed E-state index contributed by atoms with van der Waals surface area (Å²) < 4.78 is 98.8. The van der Waals surface area contributed by atoms with E-state index in [9.17, 15) is 26.3 Å². The molecular weight excluding hydrogens is 518 g/mol. The second kappa shape index (κ2) is 10.5. The summed E-state index contributed by atoms with van der Waals surface area (Å²) in [6, 6.07) is 14.5. The van der Waals surface area contributed by atoms with Crippen molar-refractivity contribution in [3.63, 3.8) is 0 Å². The quantitative estimate of drug-likeness (QED) is 0.287. The highest BCUT2D eigenvalue weighted by Gasteiger charge is 2.74. The number of alkyl halides is 6. The van der Waals surface area contributed by atoms with Gasteiger partial charge in [0, 0.05) is 5.92 Å². The molecule has 0 N–H and O–H groups in total.